The first-order valence-electron chi connectivity index (χ1n) is 2.64. The molecule has 0 N–H and O–H groups in total. The smallest absolute Gasteiger partial charge is 0.00686 e. The minimum atomic E-state index is 0.0767. The van der Waals surface area contributed by atoms with Crippen molar-refractivity contribution >= 4 is 11.8 Å². The number of rotatable bonds is 1. The molecule has 9 heavy (non-hydrogen) atoms. The van der Waals surface area contributed by atoms with Crippen molar-refractivity contribution < 1.29 is 5.11 Å². The predicted molar refractivity (Wildman–Crippen MR) is 37.7 cm³/mol. The number of thioether (sulfide) groups is 1. The molecule has 0 saturated heterocycles. The lowest BCUT2D eigenvalue weighted by atomic mass is 10.3. The van der Waals surface area contributed by atoms with Crippen LogP contribution in [0.1, 0.15) is 0 Å². The highest BCUT2D eigenvalue weighted by atomic mass is 32.2. The molecule has 1 aromatic carbocycles. The molecule has 0 saturated carbocycles. The van der Waals surface area contributed by atoms with Gasteiger partial charge in [0.05, 0.1) is 0 Å². The van der Waals surface area contributed by atoms with Crippen LogP contribution >= 0.6 is 11.8 Å². The van der Waals surface area contributed by atoms with Crippen LogP contribution in [0.25, 0.3) is 0 Å². The first-order chi connectivity index (χ1) is 4.33. The molecule has 48 valence electrons. The van der Waals surface area contributed by atoms with Gasteiger partial charge in [-0.15, -0.1) is 17.5 Å². The zero-order valence-corrected chi connectivity index (χ0v) is 5.94. The van der Waals surface area contributed by atoms with E-state index in [4.69, 9.17) is 0 Å². The second-order valence-corrected chi connectivity index (χ2v) is 2.56. The van der Waals surface area contributed by atoms with Crippen LogP contribution in [0.3, 0.4) is 0 Å². The molecule has 0 heterocycles. The van der Waals surface area contributed by atoms with Gasteiger partial charge in [-0.2, -0.15) is 0 Å². The van der Waals surface area contributed by atoms with E-state index < -0.39 is 0 Å². The Hall–Kier alpha value is -0.630. The summed E-state index contributed by atoms with van der Waals surface area (Å²) in [6, 6.07) is 6.80. The van der Waals surface area contributed by atoms with Gasteiger partial charge in [0.25, 0.3) is 0 Å². The monoisotopic (exact) mass is 139 g/mol. The van der Waals surface area contributed by atoms with Crippen LogP contribution in [0.4, 0.5) is 0 Å². The summed E-state index contributed by atoms with van der Waals surface area (Å²) in [4.78, 5) is 1.13. The molecule has 1 aromatic rings. The van der Waals surface area contributed by atoms with E-state index in [-0.39, 0.29) is 5.75 Å². The minimum Gasteiger partial charge on any atom is -0.872 e. The van der Waals surface area contributed by atoms with E-state index in [1.807, 2.05) is 18.4 Å². The Labute approximate surface area is 58.7 Å². The summed E-state index contributed by atoms with van der Waals surface area (Å²) in [5.74, 6) is 0.0767. The second-order valence-electron chi connectivity index (χ2n) is 1.68. The first kappa shape index (κ1) is 6.49. The van der Waals surface area contributed by atoms with Gasteiger partial charge in [-0.05, 0) is 18.4 Å². The predicted octanol–water partition coefficient (Wildman–Crippen LogP) is 1.48. The topological polar surface area (TPSA) is 23.1 Å². The zero-order valence-electron chi connectivity index (χ0n) is 5.13. The summed E-state index contributed by atoms with van der Waals surface area (Å²) in [5, 5.41) is 10.5. The fourth-order valence-electron chi connectivity index (χ4n) is 0.576. The Morgan fingerprint density at radius 3 is 2.22 bits per heavy atom. The molecule has 0 aromatic heterocycles. The minimum absolute atomic E-state index is 0.0767. The van der Waals surface area contributed by atoms with Gasteiger partial charge in [0.2, 0.25) is 0 Å². The SMILES string of the molecule is CSc1ccc([O-])cc1. The molecule has 1 rings (SSSR count). The van der Waals surface area contributed by atoms with Gasteiger partial charge in [-0.3, -0.25) is 0 Å². The van der Waals surface area contributed by atoms with Crippen molar-refractivity contribution in [2.24, 2.45) is 0 Å². The maximum Gasteiger partial charge on any atom is 0.00686 e. The van der Waals surface area contributed by atoms with Crippen LogP contribution in [-0.4, -0.2) is 6.26 Å². The van der Waals surface area contributed by atoms with Crippen LogP contribution in [-0.2, 0) is 0 Å². The van der Waals surface area contributed by atoms with E-state index in [2.05, 4.69) is 0 Å². The maximum atomic E-state index is 10.5. The van der Waals surface area contributed by atoms with Crippen molar-refractivity contribution in [3.8, 4) is 5.75 Å². The van der Waals surface area contributed by atoms with Crippen LogP contribution < -0.4 is 5.11 Å². The summed E-state index contributed by atoms with van der Waals surface area (Å²) in [6.07, 6.45) is 1.99. The quantitative estimate of drug-likeness (QED) is 0.550. The van der Waals surface area contributed by atoms with Crippen molar-refractivity contribution in [2.75, 3.05) is 6.26 Å². The third-order valence-corrected chi connectivity index (χ3v) is 1.80. The zero-order chi connectivity index (χ0) is 6.69. The van der Waals surface area contributed by atoms with Crippen LogP contribution in [0.15, 0.2) is 29.2 Å². The summed E-state index contributed by atoms with van der Waals surface area (Å²) in [5.41, 5.74) is 0. The van der Waals surface area contributed by atoms with E-state index in [9.17, 15) is 5.11 Å². The lowest BCUT2D eigenvalue weighted by Gasteiger charge is -2.03. The third kappa shape index (κ3) is 1.64. The van der Waals surface area contributed by atoms with Gasteiger partial charge in [0, 0.05) is 4.90 Å². The van der Waals surface area contributed by atoms with Gasteiger partial charge >= 0.3 is 0 Å². The molecule has 0 aliphatic rings. The average molecular weight is 139 g/mol. The molecule has 0 aliphatic heterocycles. The summed E-state index contributed by atoms with van der Waals surface area (Å²) in [6.45, 7) is 0. The van der Waals surface area contributed by atoms with Crippen molar-refractivity contribution in [3.63, 3.8) is 0 Å². The van der Waals surface area contributed by atoms with Gasteiger partial charge in [0.15, 0.2) is 0 Å². The molecule has 0 unspecified atom stereocenters. The van der Waals surface area contributed by atoms with E-state index in [1.165, 1.54) is 0 Å². The lowest BCUT2D eigenvalue weighted by Crippen LogP contribution is -1.86. The highest BCUT2D eigenvalue weighted by Crippen LogP contribution is 2.15. The van der Waals surface area contributed by atoms with E-state index in [0.29, 0.717) is 0 Å². The molecule has 0 fully saturated rings. The average Bonchev–Trinajstić information content (AvgIpc) is 1.90. The van der Waals surface area contributed by atoms with Crippen LogP contribution in [0.5, 0.6) is 5.75 Å². The van der Waals surface area contributed by atoms with E-state index >= 15 is 0 Å². The standard InChI is InChI=1S/C7H8OS/c1-9-7-4-2-6(8)3-5-7/h2-5,8H,1H3/p-1. The van der Waals surface area contributed by atoms with Crippen molar-refractivity contribution in [1.82, 2.24) is 0 Å². The second kappa shape index (κ2) is 2.78. The van der Waals surface area contributed by atoms with Gasteiger partial charge in [-0.25, -0.2) is 0 Å². The van der Waals surface area contributed by atoms with Gasteiger partial charge in [-0.1, -0.05) is 12.1 Å². The lowest BCUT2D eigenvalue weighted by molar-refractivity contribution is -0.268. The first-order valence-corrected chi connectivity index (χ1v) is 3.86. The Kier molecular flexibility index (Phi) is 2.01. The largest absolute Gasteiger partial charge is 0.872 e. The molecule has 0 spiro atoms. The number of benzene rings is 1. The summed E-state index contributed by atoms with van der Waals surface area (Å²) in [7, 11) is 0. The molecule has 0 bridgehead atoms. The normalized spacial score (nSPS) is 9.44. The Morgan fingerprint density at radius 2 is 1.78 bits per heavy atom. The third-order valence-electron chi connectivity index (χ3n) is 1.06. The van der Waals surface area contributed by atoms with E-state index in [0.717, 1.165) is 4.90 Å². The van der Waals surface area contributed by atoms with Crippen molar-refractivity contribution in [1.29, 1.82) is 0 Å². The summed E-state index contributed by atoms with van der Waals surface area (Å²) >= 11 is 1.64. The van der Waals surface area contributed by atoms with Crippen LogP contribution in [0.2, 0.25) is 0 Å². The molecule has 0 radical (unpaired) electrons. The molecule has 0 atom stereocenters. The Balaban J connectivity index is 2.88. The maximum absolute atomic E-state index is 10.5. The highest BCUT2D eigenvalue weighted by Gasteiger charge is 1.82. The van der Waals surface area contributed by atoms with Crippen LogP contribution in [0, 0.1) is 0 Å². The van der Waals surface area contributed by atoms with Gasteiger partial charge in [0.1, 0.15) is 0 Å². The van der Waals surface area contributed by atoms with Gasteiger partial charge < -0.3 is 5.11 Å². The summed E-state index contributed by atoms with van der Waals surface area (Å²) < 4.78 is 0. The number of hydrogen-bond donors (Lipinski definition) is 0. The van der Waals surface area contributed by atoms with E-state index in [1.54, 1.807) is 23.9 Å². The molecule has 2 heteroatoms. The molecule has 0 amide bonds. The fraction of sp³-hybridized carbons (Fsp3) is 0.143. The fourth-order valence-corrected chi connectivity index (χ4v) is 0.984. The molecule has 1 nitrogen and oxygen atoms in total. The van der Waals surface area contributed by atoms with Crippen molar-refractivity contribution in [2.45, 2.75) is 4.90 Å². The van der Waals surface area contributed by atoms with Crippen molar-refractivity contribution in [3.05, 3.63) is 24.3 Å². The molecular weight excluding hydrogens is 132 g/mol. The molecule has 0 aliphatic carbocycles. The highest BCUT2D eigenvalue weighted by molar-refractivity contribution is 7.98. The Morgan fingerprint density at radius 1 is 1.22 bits per heavy atom. The molecular formula is C7H7OS-. The number of hydrogen-bond acceptors (Lipinski definition) is 2. The Bertz CT molecular complexity index is 181.